The van der Waals surface area contributed by atoms with Crippen LogP contribution in [0, 0.1) is 23.5 Å². The maximum Gasteiger partial charge on any atom is 0.223 e. The summed E-state index contributed by atoms with van der Waals surface area (Å²) in [4.78, 5) is 23.6. The fourth-order valence-electron chi connectivity index (χ4n) is 5.77. The van der Waals surface area contributed by atoms with Gasteiger partial charge in [-0.25, -0.2) is 18.7 Å². The van der Waals surface area contributed by atoms with Gasteiger partial charge in [0.2, 0.25) is 5.91 Å². The highest BCUT2D eigenvalue weighted by Crippen LogP contribution is 2.44. The molecular weight excluding hydrogens is 542 g/mol. The summed E-state index contributed by atoms with van der Waals surface area (Å²) in [7, 11) is 4.82. The van der Waals surface area contributed by atoms with E-state index in [0.29, 0.717) is 41.1 Å². The van der Waals surface area contributed by atoms with Crippen LogP contribution in [-0.2, 0) is 17.9 Å². The van der Waals surface area contributed by atoms with Gasteiger partial charge in [-0.1, -0.05) is 19.9 Å². The van der Waals surface area contributed by atoms with Crippen LogP contribution in [0.25, 0.3) is 0 Å². The molecule has 1 heterocycles. The van der Waals surface area contributed by atoms with Crippen molar-refractivity contribution in [2.45, 2.75) is 58.5 Å². The number of hydrogen-bond acceptors (Lipinski definition) is 7. The first-order chi connectivity index (χ1) is 20.2. The number of amides is 1. The molecule has 1 aliphatic carbocycles. The molecule has 2 aromatic carbocycles. The maximum absolute atomic E-state index is 14.5. The van der Waals surface area contributed by atoms with Gasteiger partial charge in [-0.3, -0.25) is 4.79 Å². The minimum Gasteiger partial charge on any atom is -0.496 e. The van der Waals surface area contributed by atoms with Crippen molar-refractivity contribution in [3.8, 4) is 17.2 Å². The molecule has 0 unspecified atom stereocenters. The molecular formula is C32H40F2N4O4. The van der Waals surface area contributed by atoms with E-state index in [4.69, 9.17) is 14.2 Å². The standard InChI is InChI=1S/C32H40F2N4O4/c1-20(2)29-27(40-3)14-24(30(41-4)31(29)42-5)16-36-32(39)22-8-6-21(7-9-22)17-38(28-12-13-35-19-37-28)18-23-10-11-25(33)15-26(23)34/h10-15,19-22H,6-9,16-18H2,1-5H3,(H,36,39). The summed E-state index contributed by atoms with van der Waals surface area (Å²) in [6, 6.07) is 7.32. The van der Waals surface area contributed by atoms with Crippen molar-refractivity contribution in [2.75, 3.05) is 32.8 Å². The molecule has 1 N–H and O–H groups in total. The third-order valence-corrected chi connectivity index (χ3v) is 7.93. The Morgan fingerprint density at radius 2 is 1.74 bits per heavy atom. The predicted molar refractivity (Wildman–Crippen MR) is 157 cm³/mol. The second-order valence-electron chi connectivity index (χ2n) is 11.0. The average molecular weight is 583 g/mol. The largest absolute Gasteiger partial charge is 0.496 e. The fraction of sp³-hybridized carbons (Fsp3) is 0.469. The van der Waals surface area contributed by atoms with Gasteiger partial charge in [0.15, 0.2) is 11.5 Å². The normalized spacial score (nSPS) is 16.7. The van der Waals surface area contributed by atoms with E-state index in [2.05, 4.69) is 29.1 Å². The summed E-state index contributed by atoms with van der Waals surface area (Å²) in [5.41, 5.74) is 2.10. The highest BCUT2D eigenvalue weighted by Gasteiger charge is 2.29. The molecule has 226 valence electrons. The number of nitrogens with one attached hydrogen (secondary N) is 1. The van der Waals surface area contributed by atoms with Crippen molar-refractivity contribution in [2.24, 2.45) is 11.8 Å². The van der Waals surface area contributed by atoms with Gasteiger partial charge in [-0.2, -0.15) is 0 Å². The number of anilines is 1. The third-order valence-electron chi connectivity index (χ3n) is 7.93. The molecule has 3 aromatic rings. The van der Waals surface area contributed by atoms with Gasteiger partial charge >= 0.3 is 0 Å². The molecule has 0 aliphatic heterocycles. The van der Waals surface area contributed by atoms with Gasteiger partial charge in [0.05, 0.1) is 21.3 Å². The molecule has 42 heavy (non-hydrogen) atoms. The summed E-state index contributed by atoms with van der Waals surface area (Å²) in [6.07, 6.45) is 6.29. The number of benzene rings is 2. The molecule has 0 saturated heterocycles. The molecule has 8 nitrogen and oxygen atoms in total. The third kappa shape index (κ3) is 7.27. The lowest BCUT2D eigenvalue weighted by atomic mass is 9.81. The zero-order valence-electron chi connectivity index (χ0n) is 25.0. The minimum atomic E-state index is -0.606. The second kappa shape index (κ2) is 14.3. The van der Waals surface area contributed by atoms with E-state index >= 15 is 0 Å². The topological polar surface area (TPSA) is 85.8 Å². The SMILES string of the molecule is COc1cc(CNC(=O)C2CCC(CN(Cc3ccc(F)cc3F)c3ccncn3)CC2)c(OC)c(OC)c1C(C)C. The van der Waals surface area contributed by atoms with Crippen molar-refractivity contribution in [1.29, 1.82) is 0 Å². The average Bonchev–Trinajstić information content (AvgIpc) is 3.00. The van der Waals surface area contributed by atoms with E-state index in [9.17, 15) is 13.6 Å². The van der Waals surface area contributed by atoms with E-state index in [0.717, 1.165) is 42.9 Å². The molecule has 4 rings (SSSR count). The second-order valence-corrected chi connectivity index (χ2v) is 11.0. The molecule has 10 heteroatoms. The van der Waals surface area contributed by atoms with Gasteiger partial charge in [0.25, 0.3) is 0 Å². The number of carbonyl (C=O) groups excluding carboxylic acids is 1. The molecule has 0 spiro atoms. The van der Waals surface area contributed by atoms with Crippen LogP contribution < -0.4 is 24.4 Å². The van der Waals surface area contributed by atoms with Crippen LogP contribution in [0.2, 0.25) is 0 Å². The monoisotopic (exact) mass is 582 g/mol. The van der Waals surface area contributed by atoms with E-state index in [1.54, 1.807) is 33.6 Å². The van der Waals surface area contributed by atoms with Crippen molar-refractivity contribution < 1.29 is 27.8 Å². The maximum atomic E-state index is 14.5. The Kier molecular flexibility index (Phi) is 10.5. The molecule has 0 atom stereocenters. The highest BCUT2D eigenvalue weighted by atomic mass is 19.1. The van der Waals surface area contributed by atoms with Crippen LogP contribution >= 0.6 is 0 Å². The quantitative estimate of drug-likeness (QED) is 0.279. The van der Waals surface area contributed by atoms with Crippen LogP contribution in [0.3, 0.4) is 0 Å². The first-order valence-electron chi connectivity index (χ1n) is 14.3. The number of aromatic nitrogens is 2. The number of halogens is 2. The smallest absolute Gasteiger partial charge is 0.223 e. The highest BCUT2D eigenvalue weighted by molar-refractivity contribution is 5.79. The molecule has 1 aliphatic rings. The van der Waals surface area contributed by atoms with Crippen LogP contribution in [0.15, 0.2) is 42.9 Å². The number of rotatable bonds is 12. The van der Waals surface area contributed by atoms with E-state index in [1.807, 2.05) is 11.0 Å². The van der Waals surface area contributed by atoms with Gasteiger partial charge in [0.1, 0.15) is 29.5 Å². The summed E-state index contributed by atoms with van der Waals surface area (Å²) in [5, 5.41) is 3.09. The van der Waals surface area contributed by atoms with Crippen LogP contribution in [0.1, 0.15) is 62.1 Å². The Hall–Kier alpha value is -3.95. The zero-order chi connectivity index (χ0) is 30.2. The molecule has 0 radical (unpaired) electrons. The van der Waals surface area contributed by atoms with Crippen molar-refractivity contribution in [3.05, 3.63) is 71.2 Å². The van der Waals surface area contributed by atoms with Crippen molar-refractivity contribution >= 4 is 11.7 Å². The summed E-state index contributed by atoms with van der Waals surface area (Å²) in [6.45, 7) is 5.31. The van der Waals surface area contributed by atoms with Gasteiger partial charge < -0.3 is 24.4 Å². The Bertz CT molecular complexity index is 1350. The minimum absolute atomic E-state index is 0.00223. The van der Waals surface area contributed by atoms with Gasteiger partial charge in [0, 0.05) is 54.5 Å². The number of carbonyl (C=O) groups is 1. The summed E-state index contributed by atoms with van der Waals surface area (Å²) in [5.74, 6) is 1.74. The number of nitrogens with zero attached hydrogens (tertiary/aromatic N) is 3. The predicted octanol–water partition coefficient (Wildman–Crippen LogP) is 6.03. The molecule has 1 saturated carbocycles. The molecule has 0 bridgehead atoms. The first kappa shape index (κ1) is 31.0. The van der Waals surface area contributed by atoms with E-state index < -0.39 is 11.6 Å². The number of methoxy groups -OCH3 is 3. The van der Waals surface area contributed by atoms with Gasteiger partial charge in [-0.15, -0.1) is 0 Å². The van der Waals surface area contributed by atoms with Gasteiger partial charge in [-0.05, 0) is 55.7 Å². The van der Waals surface area contributed by atoms with E-state index in [-0.39, 0.29) is 30.8 Å². The Morgan fingerprint density at radius 1 is 1.00 bits per heavy atom. The Balaban J connectivity index is 1.38. The zero-order valence-corrected chi connectivity index (χ0v) is 25.0. The van der Waals surface area contributed by atoms with Crippen molar-refractivity contribution in [3.63, 3.8) is 0 Å². The summed E-state index contributed by atoms with van der Waals surface area (Å²) >= 11 is 0. The lowest BCUT2D eigenvalue weighted by Gasteiger charge is -2.33. The number of ether oxygens (including phenoxy) is 3. The van der Waals surface area contributed by atoms with E-state index in [1.165, 1.54) is 18.5 Å². The molecule has 1 amide bonds. The lowest BCUT2D eigenvalue weighted by Crippen LogP contribution is -2.36. The van der Waals surface area contributed by atoms with Crippen LogP contribution in [0.5, 0.6) is 17.2 Å². The van der Waals surface area contributed by atoms with Crippen LogP contribution in [-0.4, -0.2) is 43.7 Å². The first-order valence-corrected chi connectivity index (χ1v) is 14.3. The molecule has 1 aromatic heterocycles. The fourth-order valence-corrected chi connectivity index (χ4v) is 5.77. The lowest BCUT2D eigenvalue weighted by molar-refractivity contribution is -0.126. The van der Waals surface area contributed by atoms with Crippen molar-refractivity contribution in [1.82, 2.24) is 15.3 Å². The number of hydrogen-bond donors (Lipinski definition) is 1. The molecule has 1 fully saturated rings. The summed E-state index contributed by atoms with van der Waals surface area (Å²) < 4.78 is 44.9. The van der Waals surface area contributed by atoms with Crippen LogP contribution in [0.4, 0.5) is 14.6 Å². The Morgan fingerprint density at radius 3 is 2.33 bits per heavy atom. The Labute approximate surface area is 246 Å².